The van der Waals surface area contributed by atoms with Crippen LogP contribution in [0.1, 0.15) is 25.3 Å². The highest BCUT2D eigenvalue weighted by Gasteiger charge is 2.14. The minimum Gasteiger partial charge on any atom is -0.357 e. The van der Waals surface area contributed by atoms with Crippen LogP contribution in [0.25, 0.3) is 0 Å². The molecule has 4 heteroatoms. The van der Waals surface area contributed by atoms with E-state index in [9.17, 15) is 4.79 Å². The van der Waals surface area contributed by atoms with Gasteiger partial charge in [0.05, 0.1) is 5.92 Å². The maximum Gasteiger partial charge on any atom is 0.224 e. The summed E-state index contributed by atoms with van der Waals surface area (Å²) < 4.78 is 1.97. The van der Waals surface area contributed by atoms with Gasteiger partial charge in [-0.3, -0.25) is 4.79 Å². The molecule has 0 aromatic carbocycles. The van der Waals surface area contributed by atoms with Gasteiger partial charge >= 0.3 is 0 Å². The molecule has 4 nitrogen and oxygen atoms in total. The Morgan fingerprint density at radius 2 is 2.38 bits per heavy atom. The smallest absolute Gasteiger partial charge is 0.224 e. The van der Waals surface area contributed by atoms with Crippen molar-refractivity contribution < 1.29 is 4.79 Å². The minimum absolute atomic E-state index is 0.0475. The van der Waals surface area contributed by atoms with Crippen LogP contribution in [-0.2, 0) is 18.4 Å². The third kappa shape index (κ3) is 3.70. The molecular formula is C12H21N3O. The van der Waals surface area contributed by atoms with Crippen LogP contribution < -0.4 is 11.1 Å². The summed E-state index contributed by atoms with van der Waals surface area (Å²) in [6, 6.07) is 2.00. The average molecular weight is 223 g/mol. The topological polar surface area (TPSA) is 60.1 Å². The highest BCUT2D eigenvalue weighted by molar-refractivity contribution is 5.78. The maximum atomic E-state index is 11.7. The second-order valence-corrected chi connectivity index (χ2v) is 4.12. The zero-order chi connectivity index (χ0) is 12.0. The van der Waals surface area contributed by atoms with Crippen molar-refractivity contribution in [2.24, 2.45) is 18.7 Å². The highest BCUT2D eigenvalue weighted by atomic mass is 16.1. The summed E-state index contributed by atoms with van der Waals surface area (Å²) in [5, 5.41) is 2.92. The zero-order valence-electron chi connectivity index (χ0n) is 10.1. The molecule has 0 spiro atoms. The van der Waals surface area contributed by atoms with E-state index in [0.29, 0.717) is 13.1 Å². The number of aromatic nitrogens is 1. The third-order valence-corrected chi connectivity index (χ3v) is 2.65. The van der Waals surface area contributed by atoms with Gasteiger partial charge in [-0.15, -0.1) is 0 Å². The van der Waals surface area contributed by atoms with Crippen LogP contribution in [0.3, 0.4) is 0 Å². The van der Waals surface area contributed by atoms with Gasteiger partial charge in [-0.25, -0.2) is 0 Å². The number of rotatable bonds is 6. The Labute approximate surface area is 96.8 Å². The Kier molecular flexibility index (Phi) is 5.05. The third-order valence-electron chi connectivity index (χ3n) is 2.65. The number of carbonyl (C=O) groups excluding carboxylic acids is 1. The Balaban J connectivity index is 2.39. The van der Waals surface area contributed by atoms with Gasteiger partial charge in [-0.2, -0.15) is 0 Å². The van der Waals surface area contributed by atoms with Crippen LogP contribution in [0.2, 0.25) is 0 Å². The molecular weight excluding hydrogens is 202 g/mol. The average Bonchev–Trinajstić information content (AvgIpc) is 2.68. The van der Waals surface area contributed by atoms with E-state index < -0.39 is 0 Å². The molecule has 0 saturated heterocycles. The predicted octanol–water partition coefficient (Wildman–Crippen LogP) is 1.02. The number of nitrogens with two attached hydrogens (primary N) is 1. The van der Waals surface area contributed by atoms with Gasteiger partial charge < -0.3 is 15.6 Å². The highest BCUT2D eigenvalue weighted by Crippen LogP contribution is 2.05. The largest absolute Gasteiger partial charge is 0.357 e. The number of nitrogens with one attached hydrogen (secondary N) is 1. The predicted molar refractivity (Wildman–Crippen MR) is 64.7 cm³/mol. The van der Waals surface area contributed by atoms with E-state index in [1.165, 1.54) is 0 Å². The first-order chi connectivity index (χ1) is 7.67. The molecule has 0 aliphatic carbocycles. The van der Waals surface area contributed by atoms with E-state index in [0.717, 1.165) is 18.4 Å². The van der Waals surface area contributed by atoms with Crippen molar-refractivity contribution in [2.45, 2.75) is 26.3 Å². The van der Waals surface area contributed by atoms with Crippen LogP contribution >= 0.6 is 0 Å². The molecule has 0 aliphatic rings. The minimum atomic E-state index is -0.0475. The molecule has 0 saturated carbocycles. The fraction of sp³-hybridized carbons (Fsp3) is 0.583. The molecule has 1 rings (SSSR count). The van der Waals surface area contributed by atoms with Crippen molar-refractivity contribution in [3.63, 3.8) is 0 Å². The summed E-state index contributed by atoms with van der Waals surface area (Å²) in [6.07, 6.45) is 5.81. The molecule has 90 valence electrons. The molecule has 3 N–H and O–H groups in total. The summed E-state index contributed by atoms with van der Waals surface area (Å²) >= 11 is 0. The lowest BCUT2D eigenvalue weighted by Crippen LogP contribution is -2.34. The lowest BCUT2D eigenvalue weighted by atomic mass is 10.0. The zero-order valence-corrected chi connectivity index (χ0v) is 10.1. The van der Waals surface area contributed by atoms with Crippen LogP contribution in [0, 0.1) is 5.92 Å². The summed E-state index contributed by atoms with van der Waals surface area (Å²) in [4.78, 5) is 11.7. The Bertz CT molecular complexity index is 333. The summed E-state index contributed by atoms with van der Waals surface area (Å²) in [5.74, 6) is 0.0157. The van der Waals surface area contributed by atoms with E-state index in [2.05, 4.69) is 12.2 Å². The van der Waals surface area contributed by atoms with Crippen molar-refractivity contribution in [3.05, 3.63) is 24.0 Å². The molecule has 1 amide bonds. The second-order valence-electron chi connectivity index (χ2n) is 4.12. The van der Waals surface area contributed by atoms with Gasteiger partial charge in [-0.1, -0.05) is 13.3 Å². The van der Waals surface area contributed by atoms with E-state index >= 15 is 0 Å². The number of carbonyl (C=O) groups is 1. The standard InChI is InChI=1S/C12H21N3O/c1-3-4-11(7-13)12(16)14-8-10-5-6-15(2)9-10/h5-6,9,11H,3-4,7-8,13H2,1-2H3,(H,14,16). The lowest BCUT2D eigenvalue weighted by molar-refractivity contribution is -0.125. The molecule has 0 radical (unpaired) electrons. The van der Waals surface area contributed by atoms with Crippen LogP contribution in [0.5, 0.6) is 0 Å². The van der Waals surface area contributed by atoms with E-state index in [-0.39, 0.29) is 11.8 Å². The van der Waals surface area contributed by atoms with Gasteiger partial charge in [0.15, 0.2) is 0 Å². The van der Waals surface area contributed by atoms with Gasteiger partial charge in [-0.05, 0) is 18.1 Å². The molecule has 1 unspecified atom stereocenters. The number of aryl methyl sites for hydroxylation is 1. The molecule has 0 fully saturated rings. The monoisotopic (exact) mass is 223 g/mol. The van der Waals surface area contributed by atoms with Crippen molar-refractivity contribution >= 4 is 5.91 Å². The van der Waals surface area contributed by atoms with E-state index in [1.54, 1.807) is 0 Å². The summed E-state index contributed by atoms with van der Waals surface area (Å²) in [6.45, 7) is 3.07. The Hall–Kier alpha value is -1.29. The molecule has 0 aliphatic heterocycles. The van der Waals surface area contributed by atoms with Crippen molar-refractivity contribution in [1.82, 2.24) is 9.88 Å². The normalized spacial score (nSPS) is 12.4. The van der Waals surface area contributed by atoms with Gasteiger partial charge in [0.1, 0.15) is 0 Å². The number of hydrogen-bond donors (Lipinski definition) is 2. The van der Waals surface area contributed by atoms with Crippen LogP contribution in [0.15, 0.2) is 18.5 Å². The van der Waals surface area contributed by atoms with Crippen molar-refractivity contribution in [2.75, 3.05) is 6.54 Å². The summed E-state index contributed by atoms with van der Waals surface area (Å²) in [5.41, 5.74) is 6.68. The Morgan fingerprint density at radius 3 is 2.88 bits per heavy atom. The van der Waals surface area contributed by atoms with Gasteiger partial charge in [0.2, 0.25) is 5.91 Å². The first-order valence-electron chi connectivity index (χ1n) is 5.76. The number of hydrogen-bond acceptors (Lipinski definition) is 2. The molecule has 1 aromatic heterocycles. The molecule has 1 aromatic rings. The molecule has 16 heavy (non-hydrogen) atoms. The Morgan fingerprint density at radius 1 is 1.62 bits per heavy atom. The first kappa shape index (κ1) is 12.8. The summed E-state index contributed by atoms with van der Waals surface area (Å²) in [7, 11) is 1.96. The van der Waals surface area contributed by atoms with Crippen LogP contribution in [-0.4, -0.2) is 17.0 Å². The first-order valence-corrected chi connectivity index (χ1v) is 5.76. The SMILES string of the molecule is CCCC(CN)C(=O)NCc1ccn(C)c1. The van der Waals surface area contributed by atoms with Gasteiger partial charge in [0, 0.05) is 32.5 Å². The molecule has 0 bridgehead atoms. The molecule has 1 heterocycles. The fourth-order valence-corrected chi connectivity index (χ4v) is 1.70. The second kappa shape index (κ2) is 6.33. The van der Waals surface area contributed by atoms with Crippen molar-refractivity contribution in [1.29, 1.82) is 0 Å². The van der Waals surface area contributed by atoms with Crippen LogP contribution in [0.4, 0.5) is 0 Å². The van der Waals surface area contributed by atoms with Gasteiger partial charge in [0.25, 0.3) is 0 Å². The van der Waals surface area contributed by atoms with Crippen molar-refractivity contribution in [3.8, 4) is 0 Å². The quantitative estimate of drug-likeness (QED) is 0.756. The van der Waals surface area contributed by atoms with E-state index in [1.807, 2.05) is 30.1 Å². The molecule has 1 atom stereocenters. The fourth-order valence-electron chi connectivity index (χ4n) is 1.70. The number of nitrogens with zero attached hydrogens (tertiary/aromatic N) is 1. The number of amides is 1. The van der Waals surface area contributed by atoms with E-state index in [4.69, 9.17) is 5.73 Å². The lowest BCUT2D eigenvalue weighted by Gasteiger charge is -2.13. The maximum absolute atomic E-state index is 11.7.